The van der Waals surface area contributed by atoms with Crippen LogP contribution in [0.1, 0.15) is 28.3 Å². The van der Waals surface area contributed by atoms with Crippen LogP contribution in [0, 0.1) is 13.8 Å². The van der Waals surface area contributed by atoms with E-state index >= 15 is 0 Å². The highest BCUT2D eigenvalue weighted by molar-refractivity contribution is 7.90. The van der Waals surface area contributed by atoms with E-state index in [4.69, 9.17) is 5.73 Å². The Labute approximate surface area is 129 Å². The zero-order valence-corrected chi connectivity index (χ0v) is 14.2. The lowest BCUT2D eigenvalue weighted by Crippen LogP contribution is -2.11. The van der Waals surface area contributed by atoms with Gasteiger partial charge in [0.05, 0.1) is 16.3 Å². The van der Waals surface area contributed by atoms with Crippen LogP contribution in [0.3, 0.4) is 0 Å². The molecule has 0 amide bonds. The van der Waals surface area contributed by atoms with Crippen molar-refractivity contribution in [3.63, 3.8) is 0 Å². The topological polar surface area (TPSA) is 72.2 Å². The van der Waals surface area contributed by atoms with Crippen molar-refractivity contribution in [1.29, 1.82) is 0 Å². The highest BCUT2D eigenvalue weighted by Crippen LogP contribution is 2.32. The Balaban J connectivity index is 2.34. The standard InChI is InChI=1S/C15H20N2O2S2/c1-9-8-12(11(3)20-9)10(2)17-13-6-5-7-14(15(13)16)21(4,18)19/h5-8,10,17H,16H2,1-4H3. The predicted molar refractivity (Wildman–Crippen MR) is 89.8 cm³/mol. The molecule has 0 saturated heterocycles. The molecule has 1 heterocycles. The molecule has 0 radical (unpaired) electrons. The number of hydrogen-bond donors (Lipinski definition) is 2. The maximum atomic E-state index is 11.7. The Morgan fingerprint density at radius 2 is 1.95 bits per heavy atom. The number of nitrogens with two attached hydrogens (primary N) is 1. The summed E-state index contributed by atoms with van der Waals surface area (Å²) in [7, 11) is -3.32. The van der Waals surface area contributed by atoms with Crippen molar-refractivity contribution < 1.29 is 8.42 Å². The molecule has 0 aliphatic carbocycles. The number of aryl methyl sites for hydroxylation is 2. The molecule has 0 aliphatic rings. The Hall–Kier alpha value is -1.53. The normalized spacial score (nSPS) is 13.1. The van der Waals surface area contributed by atoms with Gasteiger partial charge in [-0.3, -0.25) is 0 Å². The molecule has 0 fully saturated rings. The first-order valence-electron chi connectivity index (χ1n) is 6.62. The molecule has 6 heteroatoms. The molecule has 1 unspecified atom stereocenters. The van der Waals surface area contributed by atoms with Crippen molar-refractivity contribution in [3.8, 4) is 0 Å². The van der Waals surface area contributed by atoms with Crippen molar-refractivity contribution in [2.75, 3.05) is 17.3 Å². The molecule has 2 aromatic rings. The van der Waals surface area contributed by atoms with Crippen LogP contribution in [0.4, 0.5) is 11.4 Å². The molecule has 2 rings (SSSR count). The first kappa shape index (κ1) is 15.9. The number of sulfone groups is 1. The van der Waals surface area contributed by atoms with Crippen molar-refractivity contribution in [2.24, 2.45) is 0 Å². The third-order valence-electron chi connectivity index (χ3n) is 3.38. The second-order valence-corrected chi connectivity index (χ2v) is 8.67. The molecular formula is C15H20N2O2S2. The summed E-state index contributed by atoms with van der Waals surface area (Å²) in [6, 6.07) is 7.24. The predicted octanol–water partition coefficient (Wildman–Crippen LogP) is 3.52. The van der Waals surface area contributed by atoms with Crippen LogP contribution >= 0.6 is 11.3 Å². The first-order chi connectivity index (χ1) is 9.70. The minimum absolute atomic E-state index is 0.0621. The van der Waals surface area contributed by atoms with Gasteiger partial charge in [0.1, 0.15) is 0 Å². The minimum Gasteiger partial charge on any atom is -0.396 e. The van der Waals surface area contributed by atoms with E-state index < -0.39 is 9.84 Å². The third-order valence-corrected chi connectivity index (χ3v) is 5.52. The second kappa shape index (κ2) is 5.69. The van der Waals surface area contributed by atoms with Gasteiger partial charge in [-0.2, -0.15) is 0 Å². The summed E-state index contributed by atoms with van der Waals surface area (Å²) in [4.78, 5) is 2.68. The molecule has 114 valence electrons. The molecule has 1 aromatic heterocycles. The number of anilines is 2. The molecular weight excluding hydrogens is 304 g/mol. The molecule has 1 aromatic carbocycles. The number of nitrogen functional groups attached to an aromatic ring is 1. The second-order valence-electron chi connectivity index (χ2n) is 5.22. The van der Waals surface area contributed by atoms with Gasteiger partial charge in [0.25, 0.3) is 0 Å². The summed E-state index contributed by atoms with van der Waals surface area (Å²) >= 11 is 1.75. The van der Waals surface area contributed by atoms with Gasteiger partial charge in [-0.1, -0.05) is 6.07 Å². The Morgan fingerprint density at radius 3 is 2.48 bits per heavy atom. The van der Waals surface area contributed by atoms with Crippen LogP contribution in [-0.2, 0) is 9.84 Å². The SMILES string of the molecule is Cc1cc(C(C)Nc2cccc(S(C)(=O)=O)c2N)c(C)s1. The lowest BCUT2D eigenvalue weighted by Gasteiger charge is -2.18. The summed E-state index contributed by atoms with van der Waals surface area (Å²) < 4.78 is 23.4. The molecule has 0 spiro atoms. The summed E-state index contributed by atoms with van der Waals surface area (Å²) in [5.74, 6) is 0. The number of rotatable bonds is 4. The van der Waals surface area contributed by atoms with Gasteiger partial charge < -0.3 is 11.1 Å². The third kappa shape index (κ3) is 3.39. The van der Waals surface area contributed by atoms with E-state index in [2.05, 4.69) is 25.2 Å². The zero-order valence-electron chi connectivity index (χ0n) is 12.6. The molecule has 4 nitrogen and oxygen atoms in total. The average Bonchev–Trinajstić information content (AvgIpc) is 2.69. The van der Waals surface area contributed by atoms with E-state index in [9.17, 15) is 8.42 Å². The van der Waals surface area contributed by atoms with Crippen LogP contribution in [0.25, 0.3) is 0 Å². The molecule has 0 aliphatic heterocycles. The molecule has 0 saturated carbocycles. The van der Waals surface area contributed by atoms with E-state index in [-0.39, 0.29) is 16.6 Å². The van der Waals surface area contributed by atoms with E-state index in [1.807, 2.05) is 6.92 Å². The fourth-order valence-corrected chi connectivity index (χ4v) is 4.24. The lowest BCUT2D eigenvalue weighted by molar-refractivity contribution is 0.602. The summed E-state index contributed by atoms with van der Waals surface area (Å²) in [6.45, 7) is 6.20. The van der Waals surface area contributed by atoms with Gasteiger partial charge in [-0.05, 0) is 44.5 Å². The molecule has 3 N–H and O–H groups in total. The summed E-state index contributed by atoms with van der Waals surface area (Å²) in [5, 5.41) is 3.31. The highest BCUT2D eigenvalue weighted by atomic mass is 32.2. The maximum absolute atomic E-state index is 11.7. The quantitative estimate of drug-likeness (QED) is 0.844. The lowest BCUT2D eigenvalue weighted by atomic mass is 10.1. The number of thiophene rings is 1. The zero-order chi connectivity index (χ0) is 15.8. The minimum atomic E-state index is -3.32. The van der Waals surface area contributed by atoms with Gasteiger partial charge in [0.15, 0.2) is 9.84 Å². The summed E-state index contributed by atoms with van der Waals surface area (Å²) in [5.41, 5.74) is 8.13. The maximum Gasteiger partial charge on any atom is 0.177 e. The Bertz CT molecular complexity index is 764. The smallest absolute Gasteiger partial charge is 0.177 e. The van der Waals surface area contributed by atoms with Gasteiger partial charge in [-0.15, -0.1) is 11.3 Å². The molecule has 1 atom stereocenters. The van der Waals surface area contributed by atoms with E-state index in [0.717, 1.165) is 6.26 Å². The monoisotopic (exact) mass is 324 g/mol. The van der Waals surface area contributed by atoms with Crippen molar-refractivity contribution in [3.05, 3.63) is 39.6 Å². The average molecular weight is 324 g/mol. The molecule has 0 bridgehead atoms. The Morgan fingerprint density at radius 1 is 1.29 bits per heavy atom. The van der Waals surface area contributed by atoms with Crippen molar-refractivity contribution in [2.45, 2.75) is 31.7 Å². The number of benzene rings is 1. The van der Waals surface area contributed by atoms with E-state index in [1.54, 1.807) is 23.5 Å². The fraction of sp³-hybridized carbons (Fsp3) is 0.333. The van der Waals surface area contributed by atoms with Crippen LogP contribution in [0.5, 0.6) is 0 Å². The van der Waals surface area contributed by atoms with Crippen LogP contribution in [0.2, 0.25) is 0 Å². The largest absolute Gasteiger partial charge is 0.396 e. The van der Waals surface area contributed by atoms with E-state index in [0.29, 0.717) is 5.69 Å². The van der Waals surface area contributed by atoms with Gasteiger partial charge in [-0.25, -0.2) is 8.42 Å². The van der Waals surface area contributed by atoms with Crippen LogP contribution in [0.15, 0.2) is 29.2 Å². The van der Waals surface area contributed by atoms with Crippen LogP contribution in [-0.4, -0.2) is 14.7 Å². The van der Waals surface area contributed by atoms with Gasteiger partial charge >= 0.3 is 0 Å². The van der Waals surface area contributed by atoms with Crippen molar-refractivity contribution in [1.82, 2.24) is 0 Å². The first-order valence-corrected chi connectivity index (χ1v) is 9.33. The number of para-hydroxylation sites is 1. The number of nitrogens with one attached hydrogen (secondary N) is 1. The van der Waals surface area contributed by atoms with Gasteiger partial charge in [0, 0.05) is 22.1 Å². The Kier molecular flexibility index (Phi) is 4.30. The highest BCUT2D eigenvalue weighted by Gasteiger charge is 2.17. The number of hydrogen-bond acceptors (Lipinski definition) is 5. The fourth-order valence-electron chi connectivity index (χ4n) is 2.38. The van der Waals surface area contributed by atoms with Crippen LogP contribution < -0.4 is 11.1 Å². The van der Waals surface area contributed by atoms with E-state index in [1.165, 1.54) is 21.4 Å². The molecule has 21 heavy (non-hydrogen) atoms. The van der Waals surface area contributed by atoms with Gasteiger partial charge in [0.2, 0.25) is 0 Å². The summed E-state index contributed by atoms with van der Waals surface area (Å²) in [6.07, 6.45) is 1.16. The van der Waals surface area contributed by atoms with Crippen molar-refractivity contribution >= 4 is 32.5 Å².